The lowest BCUT2D eigenvalue weighted by Crippen LogP contribution is -2.28. The summed E-state index contributed by atoms with van der Waals surface area (Å²) in [6.07, 6.45) is 7.25. The van der Waals surface area contributed by atoms with Gasteiger partial charge in [0.25, 0.3) is 0 Å². The Labute approximate surface area is 359 Å². The van der Waals surface area contributed by atoms with E-state index in [1.54, 1.807) is 7.05 Å². The van der Waals surface area contributed by atoms with Gasteiger partial charge < -0.3 is 4.90 Å². The predicted molar refractivity (Wildman–Crippen MR) is 251 cm³/mol. The Kier molecular flexibility index (Phi) is 10.2. The van der Waals surface area contributed by atoms with Gasteiger partial charge in [0.1, 0.15) is 17.5 Å². The van der Waals surface area contributed by atoms with Gasteiger partial charge in [0.15, 0.2) is 5.84 Å². The van der Waals surface area contributed by atoms with Crippen LogP contribution in [0.1, 0.15) is 16.7 Å². The largest absolute Gasteiger partial charge is 0.355 e. The molecule has 4 heterocycles. The fourth-order valence-corrected chi connectivity index (χ4v) is 8.01. The summed E-state index contributed by atoms with van der Waals surface area (Å²) in [6, 6.07) is 60.4. The van der Waals surface area contributed by atoms with Crippen LogP contribution >= 0.6 is 0 Å². The number of hydrogen-bond acceptors (Lipinski definition) is 5. The van der Waals surface area contributed by atoms with E-state index in [-0.39, 0.29) is 0 Å². The van der Waals surface area contributed by atoms with E-state index in [0.717, 1.165) is 89.9 Å². The summed E-state index contributed by atoms with van der Waals surface area (Å²) < 4.78 is 4.38. The number of rotatable bonds is 9. The van der Waals surface area contributed by atoms with E-state index in [1.165, 1.54) is 0 Å². The number of pyridine rings is 2. The van der Waals surface area contributed by atoms with Gasteiger partial charge in [-0.15, -0.1) is 0 Å². The van der Waals surface area contributed by atoms with Crippen molar-refractivity contribution in [3.63, 3.8) is 0 Å². The summed E-state index contributed by atoms with van der Waals surface area (Å²) in [7, 11) is 3.89. The van der Waals surface area contributed by atoms with Crippen LogP contribution in [0.5, 0.6) is 0 Å². The maximum atomic E-state index is 5.35. The summed E-state index contributed by atoms with van der Waals surface area (Å²) in [6.45, 7) is 0.598. The van der Waals surface area contributed by atoms with Gasteiger partial charge in [-0.25, -0.2) is 15.0 Å². The van der Waals surface area contributed by atoms with Crippen molar-refractivity contribution in [2.45, 2.75) is 6.54 Å². The number of hydrogen-bond donors (Lipinski definition) is 0. The van der Waals surface area contributed by atoms with Gasteiger partial charge in [0, 0.05) is 67.7 Å². The van der Waals surface area contributed by atoms with Crippen LogP contribution in [0.4, 0.5) is 0 Å². The van der Waals surface area contributed by atoms with Crippen LogP contribution < -0.4 is 0 Å². The molecule has 9 nitrogen and oxygen atoms in total. The zero-order valence-electron chi connectivity index (χ0n) is 34.3. The average Bonchev–Trinajstić information content (AvgIpc) is 3.93. The van der Waals surface area contributed by atoms with Crippen LogP contribution in [0.2, 0.25) is 0 Å². The molecule has 0 unspecified atom stereocenters. The number of fused-ring (bicyclic) bond motifs is 2. The number of para-hydroxylation sites is 4. The lowest BCUT2D eigenvalue weighted by atomic mass is 10.0. The van der Waals surface area contributed by atoms with Crippen LogP contribution in [0.25, 0.3) is 67.3 Å². The van der Waals surface area contributed by atoms with Crippen LogP contribution in [-0.2, 0) is 6.54 Å². The minimum Gasteiger partial charge on any atom is -0.355 e. The zero-order valence-corrected chi connectivity index (χ0v) is 34.3. The maximum absolute atomic E-state index is 5.35. The minimum atomic E-state index is 0.598. The first-order valence-electron chi connectivity index (χ1n) is 20.5. The molecule has 0 amide bonds. The summed E-state index contributed by atoms with van der Waals surface area (Å²) >= 11 is 0. The lowest BCUT2D eigenvalue weighted by Gasteiger charge is -2.23. The average molecular weight is 804 g/mol. The van der Waals surface area contributed by atoms with Crippen LogP contribution in [0.15, 0.2) is 211 Å². The third kappa shape index (κ3) is 7.43. The molecular formula is C53H41N9. The molecule has 0 atom stereocenters. The number of benzene rings is 6. The fourth-order valence-electron chi connectivity index (χ4n) is 8.01. The Bertz CT molecular complexity index is 3210. The second kappa shape index (κ2) is 16.8. The molecule has 10 aromatic rings. The topological polar surface area (TPSA) is 89.4 Å². The maximum Gasteiger partial charge on any atom is 0.156 e. The smallest absolute Gasteiger partial charge is 0.156 e. The SMILES string of the molecule is C/N=C(\N=C(\c1ccc(-c2nc3ccccc3n2-c2ccncc2)cc1)N(C)Cc1ccc(-c2nc3ccccc3n2-c2ccncc2)cc1)c1cccc(-c2ccccc2)c1. The van der Waals surface area contributed by atoms with Gasteiger partial charge in [0.05, 0.1) is 33.4 Å². The Morgan fingerprint density at radius 1 is 0.500 bits per heavy atom. The number of imidazole rings is 2. The molecule has 298 valence electrons. The summed E-state index contributed by atoms with van der Waals surface area (Å²) in [5, 5.41) is 0. The zero-order chi connectivity index (χ0) is 41.8. The number of amidine groups is 2. The quantitative estimate of drug-likeness (QED) is 0.107. The molecule has 0 aliphatic rings. The molecule has 0 N–H and O–H groups in total. The first-order valence-corrected chi connectivity index (χ1v) is 20.5. The molecule has 0 spiro atoms. The highest BCUT2D eigenvalue weighted by Gasteiger charge is 2.19. The van der Waals surface area contributed by atoms with Gasteiger partial charge in [-0.05, 0) is 71.3 Å². The van der Waals surface area contributed by atoms with E-state index in [4.69, 9.17) is 20.0 Å². The second-order valence-corrected chi connectivity index (χ2v) is 15.0. The van der Waals surface area contributed by atoms with E-state index in [9.17, 15) is 0 Å². The molecule has 6 aromatic carbocycles. The van der Waals surface area contributed by atoms with Crippen molar-refractivity contribution >= 4 is 33.7 Å². The van der Waals surface area contributed by atoms with Crippen molar-refractivity contribution < 1.29 is 0 Å². The van der Waals surface area contributed by atoms with Crippen molar-refractivity contribution in [2.24, 2.45) is 9.98 Å². The third-order valence-electron chi connectivity index (χ3n) is 11.0. The molecule has 9 heteroatoms. The van der Waals surface area contributed by atoms with Crippen LogP contribution in [0, 0.1) is 0 Å². The molecule has 0 fully saturated rings. The normalized spacial score (nSPS) is 12.0. The van der Waals surface area contributed by atoms with Gasteiger partial charge in [-0.1, -0.05) is 121 Å². The molecule has 0 aliphatic heterocycles. The lowest BCUT2D eigenvalue weighted by molar-refractivity contribution is 0.502. The Morgan fingerprint density at radius 2 is 1.02 bits per heavy atom. The number of aliphatic imine (C=N–C) groups is 2. The van der Waals surface area contributed by atoms with Gasteiger partial charge in [0.2, 0.25) is 0 Å². The first-order chi connectivity index (χ1) is 30.6. The molecule has 62 heavy (non-hydrogen) atoms. The van der Waals surface area contributed by atoms with E-state index < -0.39 is 0 Å². The molecule has 0 bridgehead atoms. The molecule has 0 saturated heterocycles. The summed E-state index contributed by atoms with van der Waals surface area (Å²) in [4.78, 5) is 31.0. The molecule has 0 radical (unpaired) electrons. The van der Waals surface area contributed by atoms with Crippen LogP contribution in [0.3, 0.4) is 0 Å². The molecule has 4 aromatic heterocycles. The van der Waals surface area contributed by atoms with Crippen molar-refractivity contribution in [2.75, 3.05) is 14.1 Å². The molecule has 10 rings (SSSR count). The predicted octanol–water partition coefficient (Wildman–Crippen LogP) is 11.1. The highest BCUT2D eigenvalue weighted by atomic mass is 15.2. The van der Waals surface area contributed by atoms with Crippen molar-refractivity contribution in [1.29, 1.82) is 0 Å². The Hall–Kier alpha value is -8.30. The molecule has 0 saturated carbocycles. The standard InChI is InChI=1S/C53H41N9/c1-54-50(43-14-10-13-42(35-43)38-11-4-3-5-12-38)59-51(39-23-25-41(26-24-39)53-58-47-16-7-9-18-49(47)62(53)45-29-33-56-34-30-45)60(2)36-37-19-21-40(22-20-37)52-57-46-15-6-8-17-48(46)61(52)44-27-31-55-32-28-44/h3-35H,36H2,1-2H3/b54-50-,59-51-. The highest BCUT2D eigenvalue weighted by molar-refractivity contribution is 6.12. The molecule has 0 aliphatic carbocycles. The third-order valence-corrected chi connectivity index (χ3v) is 11.0. The summed E-state index contributed by atoms with van der Waals surface area (Å²) in [5.41, 5.74) is 13.2. The number of aromatic nitrogens is 6. The van der Waals surface area contributed by atoms with Crippen LogP contribution in [-0.4, -0.2) is 59.7 Å². The highest BCUT2D eigenvalue weighted by Crippen LogP contribution is 2.31. The molecular weight excluding hydrogens is 763 g/mol. The van der Waals surface area contributed by atoms with Crippen molar-refractivity contribution in [1.82, 2.24) is 34.0 Å². The van der Waals surface area contributed by atoms with E-state index in [1.807, 2.05) is 85.5 Å². The monoisotopic (exact) mass is 803 g/mol. The van der Waals surface area contributed by atoms with Gasteiger partial charge in [-0.2, -0.15) is 0 Å². The van der Waals surface area contributed by atoms with Gasteiger partial charge in [-0.3, -0.25) is 24.1 Å². The van der Waals surface area contributed by atoms with E-state index in [0.29, 0.717) is 12.4 Å². The fraction of sp³-hybridized carbons (Fsp3) is 0.0566. The Morgan fingerprint density at radius 3 is 1.58 bits per heavy atom. The minimum absolute atomic E-state index is 0.598. The second-order valence-electron chi connectivity index (χ2n) is 15.0. The van der Waals surface area contributed by atoms with E-state index >= 15 is 0 Å². The number of nitrogens with zero attached hydrogens (tertiary/aromatic N) is 9. The van der Waals surface area contributed by atoms with Crippen molar-refractivity contribution in [3.8, 4) is 45.3 Å². The van der Waals surface area contributed by atoms with E-state index in [2.05, 4.69) is 146 Å². The summed E-state index contributed by atoms with van der Waals surface area (Å²) in [5.74, 6) is 3.15. The first kappa shape index (κ1) is 37.9. The van der Waals surface area contributed by atoms with Gasteiger partial charge >= 0.3 is 0 Å². The Balaban J connectivity index is 1.02. The van der Waals surface area contributed by atoms with Crippen molar-refractivity contribution in [3.05, 3.63) is 217 Å².